The molecule has 1 atom stereocenters. The number of nitrogens with two attached hydrogens (primary N) is 1. The van der Waals surface area contributed by atoms with Gasteiger partial charge in [-0.05, 0) is 12.8 Å². The predicted molar refractivity (Wildman–Crippen MR) is 50.8 cm³/mol. The molecular formula is C9H16N2O2. The molecule has 0 aliphatic carbocycles. The Morgan fingerprint density at radius 3 is 2.08 bits per heavy atom. The van der Waals surface area contributed by atoms with Gasteiger partial charge in [0, 0.05) is 5.57 Å². The van der Waals surface area contributed by atoms with E-state index in [2.05, 4.69) is 11.9 Å². The highest BCUT2D eigenvalue weighted by Gasteiger charge is 2.21. The van der Waals surface area contributed by atoms with E-state index in [9.17, 15) is 9.59 Å². The highest BCUT2D eigenvalue weighted by Crippen LogP contribution is 2.01. The van der Waals surface area contributed by atoms with E-state index in [4.69, 9.17) is 5.73 Å². The molecule has 0 saturated carbocycles. The molecule has 0 aromatic carbocycles. The Morgan fingerprint density at radius 1 is 1.38 bits per heavy atom. The van der Waals surface area contributed by atoms with Crippen molar-refractivity contribution >= 4 is 11.8 Å². The Morgan fingerprint density at radius 2 is 1.85 bits per heavy atom. The third-order valence-electron chi connectivity index (χ3n) is 1.65. The van der Waals surface area contributed by atoms with Crippen molar-refractivity contribution in [2.24, 2.45) is 11.7 Å². The largest absolute Gasteiger partial charge is 0.368 e. The summed E-state index contributed by atoms with van der Waals surface area (Å²) >= 11 is 0. The number of carbonyl (C=O) groups is 2. The molecule has 0 aromatic rings. The molecule has 0 unspecified atom stereocenters. The fourth-order valence-corrected chi connectivity index (χ4v) is 0.831. The molecular weight excluding hydrogens is 168 g/mol. The Labute approximate surface area is 78.2 Å². The molecule has 4 heteroatoms. The zero-order valence-corrected chi connectivity index (χ0v) is 8.26. The van der Waals surface area contributed by atoms with Gasteiger partial charge in [-0.15, -0.1) is 0 Å². The quantitative estimate of drug-likeness (QED) is 0.612. The first kappa shape index (κ1) is 11.7. The molecule has 0 aliphatic rings. The average molecular weight is 184 g/mol. The van der Waals surface area contributed by atoms with Crippen LogP contribution < -0.4 is 11.1 Å². The Hall–Kier alpha value is -1.32. The maximum Gasteiger partial charge on any atom is 0.246 e. The highest BCUT2D eigenvalue weighted by atomic mass is 16.2. The highest BCUT2D eigenvalue weighted by molar-refractivity contribution is 5.95. The summed E-state index contributed by atoms with van der Waals surface area (Å²) in [6.07, 6.45) is 0. The molecule has 3 N–H and O–H groups in total. The molecule has 0 spiro atoms. The van der Waals surface area contributed by atoms with Crippen molar-refractivity contribution in [3.63, 3.8) is 0 Å². The zero-order valence-electron chi connectivity index (χ0n) is 8.26. The summed E-state index contributed by atoms with van der Waals surface area (Å²) in [5, 5.41) is 2.50. The van der Waals surface area contributed by atoms with E-state index in [-0.39, 0.29) is 11.8 Å². The maximum absolute atomic E-state index is 11.1. The third kappa shape index (κ3) is 3.73. The van der Waals surface area contributed by atoms with Crippen molar-refractivity contribution < 1.29 is 9.59 Å². The van der Waals surface area contributed by atoms with Crippen LogP contribution in [0.1, 0.15) is 20.8 Å². The van der Waals surface area contributed by atoms with Crippen molar-refractivity contribution in [2.45, 2.75) is 26.8 Å². The van der Waals surface area contributed by atoms with Gasteiger partial charge in [0.2, 0.25) is 11.8 Å². The SMILES string of the molecule is C=C(C)C(=O)N[C@H](C(N)=O)C(C)C. The van der Waals surface area contributed by atoms with Crippen molar-refractivity contribution in [2.75, 3.05) is 0 Å². The van der Waals surface area contributed by atoms with E-state index in [0.717, 1.165) is 0 Å². The van der Waals surface area contributed by atoms with Gasteiger partial charge in [-0.25, -0.2) is 0 Å². The molecule has 0 saturated heterocycles. The van der Waals surface area contributed by atoms with E-state index in [0.29, 0.717) is 5.57 Å². The fraction of sp³-hybridized carbons (Fsp3) is 0.556. The average Bonchev–Trinajstić information content (AvgIpc) is 1.97. The van der Waals surface area contributed by atoms with Gasteiger partial charge in [-0.2, -0.15) is 0 Å². The van der Waals surface area contributed by atoms with Crippen LogP contribution in [0.3, 0.4) is 0 Å². The zero-order chi connectivity index (χ0) is 10.6. The lowest BCUT2D eigenvalue weighted by atomic mass is 10.0. The van der Waals surface area contributed by atoms with Gasteiger partial charge in [-0.1, -0.05) is 20.4 Å². The second kappa shape index (κ2) is 4.64. The van der Waals surface area contributed by atoms with E-state index in [1.165, 1.54) is 0 Å². The topological polar surface area (TPSA) is 72.2 Å². The van der Waals surface area contributed by atoms with Crippen molar-refractivity contribution in [3.05, 3.63) is 12.2 Å². The molecule has 0 radical (unpaired) electrons. The number of hydrogen-bond acceptors (Lipinski definition) is 2. The molecule has 13 heavy (non-hydrogen) atoms. The van der Waals surface area contributed by atoms with Gasteiger partial charge >= 0.3 is 0 Å². The molecule has 0 heterocycles. The van der Waals surface area contributed by atoms with Crippen LogP contribution in [-0.2, 0) is 9.59 Å². The first-order chi connectivity index (χ1) is 5.86. The smallest absolute Gasteiger partial charge is 0.246 e. The molecule has 74 valence electrons. The minimum absolute atomic E-state index is 0.0131. The first-order valence-corrected chi connectivity index (χ1v) is 4.12. The van der Waals surface area contributed by atoms with Crippen LogP contribution in [0.5, 0.6) is 0 Å². The Kier molecular flexibility index (Phi) is 4.17. The van der Waals surface area contributed by atoms with Crippen LogP contribution in [-0.4, -0.2) is 17.9 Å². The molecule has 2 amide bonds. The Bertz CT molecular complexity index is 234. The van der Waals surface area contributed by atoms with Crippen LogP contribution in [0, 0.1) is 5.92 Å². The van der Waals surface area contributed by atoms with Gasteiger partial charge < -0.3 is 11.1 Å². The van der Waals surface area contributed by atoms with Crippen LogP contribution in [0.15, 0.2) is 12.2 Å². The lowest BCUT2D eigenvalue weighted by Crippen LogP contribution is -2.47. The van der Waals surface area contributed by atoms with Crippen molar-refractivity contribution in [3.8, 4) is 0 Å². The minimum atomic E-state index is -0.621. The summed E-state index contributed by atoms with van der Waals surface area (Å²) in [6.45, 7) is 8.67. The van der Waals surface area contributed by atoms with E-state index in [1.807, 2.05) is 13.8 Å². The van der Waals surface area contributed by atoms with E-state index < -0.39 is 11.9 Å². The Balaban J connectivity index is 4.36. The van der Waals surface area contributed by atoms with Crippen molar-refractivity contribution in [1.82, 2.24) is 5.32 Å². The van der Waals surface area contributed by atoms with Crippen LogP contribution in [0.4, 0.5) is 0 Å². The van der Waals surface area contributed by atoms with Gasteiger partial charge in [-0.3, -0.25) is 9.59 Å². The normalized spacial score (nSPS) is 12.3. The first-order valence-electron chi connectivity index (χ1n) is 4.12. The molecule has 0 fully saturated rings. The summed E-state index contributed by atoms with van der Waals surface area (Å²) in [6, 6.07) is -0.621. The molecule has 0 aliphatic heterocycles. The van der Waals surface area contributed by atoms with Crippen molar-refractivity contribution in [1.29, 1.82) is 0 Å². The summed E-state index contributed by atoms with van der Waals surface area (Å²) in [4.78, 5) is 22.0. The van der Waals surface area contributed by atoms with Gasteiger partial charge in [0.15, 0.2) is 0 Å². The minimum Gasteiger partial charge on any atom is -0.368 e. The summed E-state index contributed by atoms with van der Waals surface area (Å²) < 4.78 is 0. The summed E-state index contributed by atoms with van der Waals surface area (Å²) in [5.41, 5.74) is 5.47. The second-order valence-corrected chi connectivity index (χ2v) is 3.38. The number of nitrogens with one attached hydrogen (secondary N) is 1. The van der Waals surface area contributed by atoms with Crippen LogP contribution in [0.2, 0.25) is 0 Å². The molecule has 4 nitrogen and oxygen atoms in total. The third-order valence-corrected chi connectivity index (χ3v) is 1.65. The monoisotopic (exact) mass is 184 g/mol. The summed E-state index contributed by atoms with van der Waals surface area (Å²) in [5.74, 6) is -0.872. The number of amides is 2. The number of rotatable bonds is 4. The van der Waals surface area contributed by atoms with E-state index in [1.54, 1.807) is 6.92 Å². The maximum atomic E-state index is 11.1. The summed E-state index contributed by atoms with van der Waals surface area (Å²) in [7, 11) is 0. The van der Waals surface area contributed by atoms with Crippen LogP contribution >= 0.6 is 0 Å². The van der Waals surface area contributed by atoms with E-state index >= 15 is 0 Å². The molecule has 0 bridgehead atoms. The molecule has 0 aromatic heterocycles. The van der Waals surface area contributed by atoms with Gasteiger partial charge in [0.25, 0.3) is 0 Å². The standard InChI is InChI=1S/C9H16N2O2/c1-5(2)7(8(10)12)11-9(13)6(3)4/h5,7H,3H2,1-2,4H3,(H2,10,12)(H,11,13)/t7-/m0/s1. The second-order valence-electron chi connectivity index (χ2n) is 3.38. The number of carbonyl (C=O) groups excluding carboxylic acids is 2. The predicted octanol–water partition coefficient (Wildman–Crippen LogP) is 0.189. The number of hydrogen-bond donors (Lipinski definition) is 2. The van der Waals surface area contributed by atoms with Crippen LogP contribution in [0.25, 0.3) is 0 Å². The lowest BCUT2D eigenvalue weighted by Gasteiger charge is -2.18. The fourth-order valence-electron chi connectivity index (χ4n) is 0.831. The van der Waals surface area contributed by atoms with Gasteiger partial charge in [0.05, 0.1) is 0 Å². The number of primary amides is 1. The van der Waals surface area contributed by atoms with Gasteiger partial charge in [0.1, 0.15) is 6.04 Å². The lowest BCUT2D eigenvalue weighted by molar-refractivity contribution is -0.126. The molecule has 0 rings (SSSR count).